The Morgan fingerprint density at radius 3 is 3.08 bits per heavy atom. The van der Waals surface area contributed by atoms with Gasteiger partial charge in [-0.2, -0.15) is 5.26 Å². The minimum absolute atomic E-state index is 0.229. The molecule has 2 rings (SSSR count). The van der Waals surface area contributed by atoms with E-state index < -0.39 is 0 Å². The summed E-state index contributed by atoms with van der Waals surface area (Å²) < 4.78 is 5.61. The van der Waals surface area contributed by atoms with Gasteiger partial charge in [-0.3, -0.25) is 4.79 Å². The Morgan fingerprint density at radius 2 is 2.33 bits per heavy atom. The number of anilines is 1. The number of thiazole rings is 1. The zero-order valence-corrected chi connectivity index (χ0v) is 14.7. The van der Waals surface area contributed by atoms with Crippen LogP contribution < -0.4 is 10.1 Å². The molecule has 7 heteroatoms. The number of amides is 1. The fourth-order valence-corrected chi connectivity index (χ4v) is 3.14. The van der Waals surface area contributed by atoms with Crippen LogP contribution in [0.15, 0.2) is 18.3 Å². The number of aryl methyl sites for hydroxylation is 2. The molecule has 0 radical (unpaired) electrons. The van der Waals surface area contributed by atoms with Crippen LogP contribution in [0.4, 0.5) is 5.82 Å². The van der Waals surface area contributed by atoms with Crippen LogP contribution in [0.1, 0.15) is 46.6 Å². The van der Waals surface area contributed by atoms with E-state index in [2.05, 4.69) is 28.3 Å². The second-order valence-electron chi connectivity index (χ2n) is 5.19. The zero-order chi connectivity index (χ0) is 17.4. The van der Waals surface area contributed by atoms with Crippen molar-refractivity contribution in [3.8, 4) is 11.8 Å². The van der Waals surface area contributed by atoms with Crippen molar-refractivity contribution in [2.24, 2.45) is 0 Å². The molecule has 1 N–H and O–H groups in total. The summed E-state index contributed by atoms with van der Waals surface area (Å²) in [5.74, 6) is 0.650. The highest BCUT2D eigenvalue weighted by molar-refractivity contribution is 7.13. The van der Waals surface area contributed by atoms with Gasteiger partial charge in [-0.05, 0) is 38.3 Å². The number of hydrogen-bond donors (Lipinski definition) is 1. The van der Waals surface area contributed by atoms with Gasteiger partial charge in [0.15, 0.2) is 11.6 Å². The molecule has 0 aliphatic rings. The molecule has 0 aliphatic carbocycles. The van der Waals surface area contributed by atoms with Gasteiger partial charge in [0, 0.05) is 12.6 Å². The Hall–Kier alpha value is -2.46. The number of nitriles is 1. The fraction of sp³-hybridized carbons (Fsp3) is 0.412. The van der Waals surface area contributed by atoms with E-state index in [1.54, 1.807) is 18.3 Å². The number of carbonyl (C=O) groups is 1. The fourth-order valence-electron chi connectivity index (χ4n) is 2.08. The molecule has 0 saturated heterocycles. The molecule has 2 heterocycles. The van der Waals surface area contributed by atoms with E-state index in [0.29, 0.717) is 35.9 Å². The van der Waals surface area contributed by atoms with Crippen molar-refractivity contribution >= 4 is 23.1 Å². The summed E-state index contributed by atoms with van der Waals surface area (Å²) in [6.45, 7) is 4.32. The molecule has 0 unspecified atom stereocenters. The topological polar surface area (TPSA) is 87.9 Å². The van der Waals surface area contributed by atoms with E-state index >= 15 is 0 Å². The van der Waals surface area contributed by atoms with E-state index in [4.69, 9.17) is 10.00 Å². The van der Waals surface area contributed by atoms with E-state index in [9.17, 15) is 4.79 Å². The second kappa shape index (κ2) is 8.99. The lowest BCUT2D eigenvalue weighted by atomic mass is 10.3. The van der Waals surface area contributed by atoms with E-state index in [1.807, 2.05) is 6.92 Å². The average Bonchev–Trinajstić information content (AvgIpc) is 2.94. The Kier molecular flexibility index (Phi) is 6.70. The Morgan fingerprint density at radius 1 is 1.50 bits per heavy atom. The van der Waals surface area contributed by atoms with Crippen molar-refractivity contribution < 1.29 is 9.53 Å². The summed E-state index contributed by atoms with van der Waals surface area (Å²) >= 11 is 1.41. The van der Waals surface area contributed by atoms with Crippen LogP contribution in [-0.4, -0.2) is 22.5 Å². The lowest BCUT2D eigenvalue weighted by molar-refractivity contribution is 0.102. The maximum absolute atomic E-state index is 12.5. The molecule has 0 spiro atoms. The largest absolute Gasteiger partial charge is 0.490 e. The monoisotopic (exact) mass is 344 g/mol. The summed E-state index contributed by atoms with van der Waals surface area (Å²) in [4.78, 5) is 21.7. The summed E-state index contributed by atoms with van der Waals surface area (Å²) in [5, 5.41) is 12.3. The summed E-state index contributed by atoms with van der Waals surface area (Å²) in [7, 11) is 0. The molecule has 0 fully saturated rings. The quantitative estimate of drug-likeness (QED) is 0.737. The van der Waals surface area contributed by atoms with Crippen molar-refractivity contribution in [3.63, 3.8) is 0 Å². The Balaban J connectivity index is 2.07. The minimum atomic E-state index is -0.229. The maximum atomic E-state index is 12.5. The first-order valence-corrected chi connectivity index (χ1v) is 8.69. The molecule has 0 bridgehead atoms. The molecule has 2 aromatic heterocycles. The average molecular weight is 344 g/mol. The van der Waals surface area contributed by atoms with Gasteiger partial charge in [-0.25, -0.2) is 9.97 Å². The van der Waals surface area contributed by atoms with E-state index in [-0.39, 0.29) is 5.91 Å². The first kappa shape index (κ1) is 17.9. The standard InChI is InChI=1S/C17H20N4O2S/c1-3-7-14-20-12(2)15(24-14)17(22)21-16-13(8-6-10-19-16)23-11-5-4-9-18/h6,8,10H,3-5,7,11H2,1-2H3,(H,19,21,22). The summed E-state index contributed by atoms with van der Waals surface area (Å²) in [6, 6.07) is 5.56. The van der Waals surface area contributed by atoms with Crippen LogP contribution in [0.5, 0.6) is 5.75 Å². The molecule has 2 aromatic rings. The van der Waals surface area contributed by atoms with Gasteiger partial charge < -0.3 is 10.1 Å². The second-order valence-corrected chi connectivity index (χ2v) is 6.27. The molecule has 1 amide bonds. The molecule has 24 heavy (non-hydrogen) atoms. The molecule has 0 aliphatic heterocycles. The number of hydrogen-bond acceptors (Lipinski definition) is 6. The molecule has 0 saturated carbocycles. The maximum Gasteiger partial charge on any atom is 0.268 e. The minimum Gasteiger partial charge on any atom is -0.490 e. The van der Waals surface area contributed by atoms with Gasteiger partial charge in [0.1, 0.15) is 4.88 Å². The number of carbonyl (C=O) groups excluding carboxylic acids is 1. The number of pyridine rings is 1. The highest BCUT2D eigenvalue weighted by Gasteiger charge is 2.17. The summed E-state index contributed by atoms with van der Waals surface area (Å²) in [5.41, 5.74) is 0.730. The van der Waals surface area contributed by atoms with Gasteiger partial charge in [0.05, 0.1) is 23.4 Å². The third kappa shape index (κ3) is 4.77. The van der Waals surface area contributed by atoms with Crippen LogP contribution in [-0.2, 0) is 6.42 Å². The van der Waals surface area contributed by atoms with Crippen LogP contribution in [0.25, 0.3) is 0 Å². The van der Waals surface area contributed by atoms with Crippen molar-refractivity contribution in [2.75, 3.05) is 11.9 Å². The van der Waals surface area contributed by atoms with Gasteiger partial charge in [0.25, 0.3) is 5.91 Å². The lowest BCUT2D eigenvalue weighted by Crippen LogP contribution is -2.14. The van der Waals surface area contributed by atoms with Gasteiger partial charge in [0.2, 0.25) is 0 Å². The smallest absolute Gasteiger partial charge is 0.268 e. The predicted molar refractivity (Wildman–Crippen MR) is 93.4 cm³/mol. The molecule has 0 aromatic carbocycles. The SMILES string of the molecule is CCCc1nc(C)c(C(=O)Nc2ncccc2OCCCC#N)s1. The molecule has 126 valence electrons. The Labute approximate surface area is 145 Å². The third-order valence-corrected chi connectivity index (χ3v) is 4.42. The number of nitrogens with zero attached hydrogens (tertiary/aromatic N) is 3. The normalized spacial score (nSPS) is 10.2. The van der Waals surface area contributed by atoms with Gasteiger partial charge in [-0.15, -0.1) is 11.3 Å². The van der Waals surface area contributed by atoms with Crippen molar-refractivity contribution in [1.29, 1.82) is 5.26 Å². The van der Waals surface area contributed by atoms with Crippen molar-refractivity contribution in [1.82, 2.24) is 9.97 Å². The molecular weight excluding hydrogens is 324 g/mol. The number of ether oxygens (including phenoxy) is 1. The van der Waals surface area contributed by atoms with E-state index in [0.717, 1.165) is 23.5 Å². The molecule has 0 atom stereocenters. The lowest BCUT2D eigenvalue weighted by Gasteiger charge is -2.10. The highest BCUT2D eigenvalue weighted by atomic mass is 32.1. The van der Waals surface area contributed by atoms with Gasteiger partial charge >= 0.3 is 0 Å². The molecule has 6 nitrogen and oxygen atoms in total. The van der Waals surface area contributed by atoms with Crippen LogP contribution >= 0.6 is 11.3 Å². The number of rotatable bonds is 8. The van der Waals surface area contributed by atoms with Crippen LogP contribution in [0.2, 0.25) is 0 Å². The number of nitrogens with one attached hydrogen (secondary N) is 1. The number of unbranched alkanes of at least 4 members (excludes halogenated alkanes) is 1. The predicted octanol–water partition coefficient (Wildman–Crippen LogP) is 3.73. The summed E-state index contributed by atoms with van der Waals surface area (Å²) in [6.07, 6.45) is 4.53. The van der Waals surface area contributed by atoms with Crippen molar-refractivity contribution in [2.45, 2.75) is 39.5 Å². The molecular formula is C17H20N4O2S. The first-order valence-electron chi connectivity index (χ1n) is 7.88. The van der Waals surface area contributed by atoms with Crippen LogP contribution in [0, 0.1) is 18.3 Å². The highest BCUT2D eigenvalue weighted by Crippen LogP contribution is 2.24. The van der Waals surface area contributed by atoms with Crippen LogP contribution in [0.3, 0.4) is 0 Å². The first-order chi connectivity index (χ1) is 11.7. The Bertz CT molecular complexity index is 736. The van der Waals surface area contributed by atoms with Gasteiger partial charge in [-0.1, -0.05) is 6.92 Å². The zero-order valence-electron chi connectivity index (χ0n) is 13.8. The van der Waals surface area contributed by atoms with E-state index in [1.165, 1.54) is 11.3 Å². The number of aromatic nitrogens is 2. The van der Waals surface area contributed by atoms with Crippen molar-refractivity contribution in [3.05, 3.63) is 33.9 Å². The third-order valence-electron chi connectivity index (χ3n) is 3.20.